The van der Waals surface area contributed by atoms with Crippen molar-refractivity contribution in [1.82, 2.24) is 8.96 Å². The second kappa shape index (κ2) is 4.21. The largest absolute Gasteiger partial charge is 0.495 e. The van der Waals surface area contributed by atoms with Gasteiger partial charge in [0.1, 0.15) is 17.0 Å². The van der Waals surface area contributed by atoms with Gasteiger partial charge >= 0.3 is 0 Å². The Bertz CT molecular complexity index is 618. The van der Waals surface area contributed by atoms with Gasteiger partial charge in [0.05, 0.1) is 7.11 Å². The topological polar surface area (TPSA) is 61.2 Å². The summed E-state index contributed by atoms with van der Waals surface area (Å²) in [4.78, 5) is 3.86. The zero-order valence-electron chi connectivity index (χ0n) is 9.49. The normalized spacial score (nSPS) is 11.4. The minimum atomic E-state index is -3.63. The molecule has 0 aliphatic rings. The van der Waals surface area contributed by atoms with E-state index in [-0.39, 0.29) is 4.90 Å². The van der Waals surface area contributed by atoms with E-state index in [1.54, 1.807) is 12.1 Å². The molecule has 5 nitrogen and oxygen atoms in total. The highest BCUT2D eigenvalue weighted by atomic mass is 32.2. The molecule has 2 aromatic rings. The Kier molecular flexibility index (Phi) is 2.89. The van der Waals surface area contributed by atoms with E-state index in [0.29, 0.717) is 5.75 Å². The van der Waals surface area contributed by atoms with Crippen LogP contribution in [0.1, 0.15) is 5.56 Å². The highest BCUT2D eigenvalue weighted by Gasteiger charge is 2.20. The molecule has 0 unspecified atom stereocenters. The van der Waals surface area contributed by atoms with E-state index >= 15 is 0 Å². The van der Waals surface area contributed by atoms with E-state index in [1.807, 2.05) is 6.92 Å². The highest BCUT2D eigenvalue weighted by Crippen LogP contribution is 2.26. The third-order valence-corrected chi connectivity index (χ3v) is 4.02. The lowest BCUT2D eigenvalue weighted by molar-refractivity contribution is 0.402. The summed E-state index contributed by atoms with van der Waals surface area (Å²) >= 11 is 0. The summed E-state index contributed by atoms with van der Waals surface area (Å²) in [6.45, 7) is 1.87. The third-order valence-electron chi connectivity index (χ3n) is 2.35. The number of benzene rings is 1. The van der Waals surface area contributed by atoms with Crippen LogP contribution in [0.2, 0.25) is 0 Å². The maximum atomic E-state index is 12.2. The number of hydrogen-bond donors (Lipinski definition) is 0. The van der Waals surface area contributed by atoms with Gasteiger partial charge in [0, 0.05) is 12.4 Å². The fourth-order valence-corrected chi connectivity index (χ4v) is 2.75. The number of ether oxygens (including phenoxy) is 1. The Morgan fingerprint density at radius 1 is 1.35 bits per heavy atom. The van der Waals surface area contributed by atoms with Crippen molar-refractivity contribution < 1.29 is 13.2 Å². The van der Waals surface area contributed by atoms with Crippen molar-refractivity contribution in [2.24, 2.45) is 0 Å². The lowest BCUT2D eigenvalue weighted by Gasteiger charge is -2.10. The van der Waals surface area contributed by atoms with Crippen LogP contribution in [-0.4, -0.2) is 24.5 Å². The van der Waals surface area contributed by atoms with Gasteiger partial charge < -0.3 is 4.74 Å². The summed E-state index contributed by atoms with van der Waals surface area (Å²) < 4.78 is 30.6. The quantitative estimate of drug-likeness (QED) is 0.829. The molecule has 0 aliphatic carbocycles. The Morgan fingerprint density at radius 2 is 2.12 bits per heavy atom. The zero-order valence-corrected chi connectivity index (χ0v) is 10.3. The van der Waals surface area contributed by atoms with Crippen molar-refractivity contribution in [2.75, 3.05) is 7.11 Å². The molecular weight excluding hydrogens is 240 g/mol. The molecule has 0 N–H and O–H groups in total. The SMILES string of the molecule is COc1cc(C)ccc1S(=O)(=O)n1ccnc1. The number of methoxy groups -OCH3 is 1. The van der Waals surface area contributed by atoms with Crippen molar-refractivity contribution in [3.05, 3.63) is 42.5 Å². The molecule has 1 aromatic carbocycles. The van der Waals surface area contributed by atoms with Gasteiger partial charge in [-0.2, -0.15) is 0 Å². The molecule has 0 spiro atoms. The van der Waals surface area contributed by atoms with Crippen molar-refractivity contribution in [3.8, 4) is 5.75 Å². The van der Waals surface area contributed by atoms with E-state index in [1.165, 1.54) is 31.9 Å². The molecule has 0 saturated carbocycles. The summed E-state index contributed by atoms with van der Waals surface area (Å²) in [5, 5.41) is 0. The fourth-order valence-electron chi connectivity index (χ4n) is 1.49. The molecular formula is C11H12N2O3S. The second-order valence-corrected chi connectivity index (χ2v) is 5.36. The highest BCUT2D eigenvalue weighted by molar-refractivity contribution is 7.90. The van der Waals surface area contributed by atoms with Crippen molar-refractivity contribution in [3.63, 3.8) is 0 Å². The molecule has 0 amide bonds. The van der Waals surface area contributed by atoms with Crippen LogP contribution in [0.25, 0.3) is 0 Å². The minimum Gasteiger partial charge on any atom is -0.495 e. The lowest BCUT2D eigenvalue weighted by atomic mass is 10.2. The molecule has 1 heterocycles. The van der Waals surface area contributed by atoms with Crippen LogP contribution in [0.4, 0.5) is 0 Å². The van der Waals surface area contributed by atoms with Gasteiger partial charge in [-0.3, -0.25) is 0 Å². The Balaban J connectivity index is 2.62. The molecule has 0 fully saturated rings. The minimum absolute atomic E-state index is 0.128. The van der Waals surface area contributed by atoms with Crippen LogP contribution in [0.15, 0.2) is 41.8 Å². The standard InChI is InChI=1S/C11H12N2O3S/c1-9-3-4-11(10(7-9)16-2)17(14,15)13-6-5-12-8-13/h3-8H,1-2H3. The summed E-state index contributed by atoms with van der Waals surface area (Å²) in [5.74, 6) is 0.332. The molecule has 0 aliphatic heterocycles. The average Bonchev–Trinajstić information content (AvgIpc) is 2.82. The second-order valence-electron chi connectivity index (χ2n) is 3.55. The smallest absolute Gasteiger partial charge is 0.272 e. The fraction of sp³-hybridized carbons (Fsp3) is 0.182. The summed E-state index contributed by atoms with van der Waals surface area (Å²) in [5.41, 5.74) is 0.937. The van der Waals surface area contributed by atoms with Crippen molar-refractivity contribution in [1.29, 1.82) is 0 Å². The van der Waals surface area contributed by atoms with E-state index in [4.69, 9.17) is 4.74 Å². The van der Waals surface area contributed by atoms with Crippen LogP contribution in [-0.2, 0) is 10.0 Å². The maximum Gasteiger partial charge on any atom is 0.272 e. The van der Waals surface area contributed by atoms with Crippen LogP contribution >= 0.6 is 0 Å². The van der Waals surface area contributed by atoms with Crippen LogP contribution in [0.3, 0.4) is 0 Å². The van der Waals surface area contributed by atoms with E-state index in [2.05, 4.69) is 4.98 Å². The third kappa shape index (κ3) is 2.03. The van der Waals surface area contributed by atoms with E-state index in [0.717, 1.165) is 9.54 Å². The molecule has 1 aromatic heterocycles. The molecule has 90 valence electrons. The molecule has 0 bridgehead atoms. The first-order valence-electron chi connectivity index (χ1n) is 4.94. The Labute approximate surface area is 99.7 Å². The van der Waals surface area contributed by atoms with Crippen LogP contribution in [0, 0.1) is 6.92 Å². The molecule has 0 radical (unpaired) electrons. The summed E-state index contributed by atoms with van der Waals surface area (Å²) in [6.07, 6.45) is 4.04. The van der Waals surface area contributed by atoms with Crippen molar-refractivity contribution in [2.45, 2.75) is 11.8 Å². The van der Waals surface area contributed by atoms with E-state index in [9.17, 15) is 8.42 Å². The number of rotatable bonds is 3. The molecule has 6 heteroatoms. The predicted molar refractivity (Wildman–Crippen MR) is 62.5 cm³/mol. The molecule has 0 atom stereocenters. The zero-order chi connectivity index (χ0) is 12.5. The number of imidazole rings is 1. The van der Waals surface area contributed by atoms with E-state index < -0.39 is 10.0 Å². The Morgan fingerprint density at radius 3 is 2.71 bits per heavy atom. The monoisotopic (exact) mass is 252 g/mol. The van der Waals surface area contributed by atoms with Gasteiger partial charge in [-0.15, -0.1) is 0 Å². The first-order valence-corrected chi connectivity index (χ1v) is 6.38. The molecule has 2 rings (SSSR count). The molecule has 0 saturated heterocycles. The van der Waals surface area contributed by atoms with Crippen LogP contribution in [0.5, 0.6) is 5.75 Å². The molecule has 17 heavy (non-hydrogen) atoms. The number of aromatic nitrogens is 2. The van der Waals surface area contributed by atoms with Gasteiger partial charge in [0.25, 0.3) is 10.0 Å². The average molecular weight is 252 g/mol. The maximum absolute atomic E-state index is 12.2. The van der Waals surface area contributed by atoms with Crippen LogP contribution < -0.4 is 4.74 Å². The Hall–Kier alpha value is -1.82. The number of aryl methyl sites for hydroxylation is 1. The van der Waals surface area contributed by atoms with Gasteiger partial charge in [-0.05, 0) is 24.6 Å². The van der Waals surface area contributed by atoms with Crippen molar-refractivity contribution >= 4 is 10.0 Å². The predicted octanol–water partition coefficient (Wildman–Crippen LogP) is 1.44. The number of nitrogens with zero attached hydrogens (tertiary/aromatic N) is 2. The summed E-state index contributed by atoms with van der Waals surface area (Å²) in [6, 6.07) is 4.94. The lowest BCUT2D eigenvalue weighted by Crippen LogP contribution is -2.12. The van der Waals surface area contributed by atoms with Gasteiger partial charge in [-0.25, -0.2) is 17.4 Å². The van der Waals surface area contributed by atoms with Gasteiger partial charge in [0.15, 0.2) is 0 Å². The van der Waals surface area contributed by atoms with Gasteiger partial charge in [0.2, 0.25) is 0 Å². The summed E-state index contributed by atoms with van der Waals surface area (Å²) in [7, 11) is -2.18. The first-order chi connectivity index (χ1) is 8.05. The van der Waals surface area contributed by atoms with Gasteiger partial charge in [-0.1, -0.05) is 6.07 Å². The first kappa shape index (κ1) is 11.7. The number of hydrogen-bond acceptors (Lipinski definition) is 4.